The molecule has 0 amide bonds. The molecule has 1 unspecified atom stereocenters. The van der Waals surface area contributed by atoms with Gasteiger partial charge < -0.3 is 10.2 Å². The lowest BCUT2D eigenvalue weighted by molar-refractivity contribution is -0.143. The molecule has 1 N–H and O–H groups in total. The molecule has 1 heterocycles. The van der Waals surface area contributed by atoms with Crippen molar-refractivity contribution in [1.29, 1.82) is 0 Å². The third-order valence-electron chi connectivity index (χ3n) is 4.37. The monoisotopic (exact) mass is 490 g/mol. The quantitative estimate of drug-likeness (QED) is 0.164. The van der Waals surface area contributed by atoms with Gasteiger partial charge in [-0.1, -0.05) is 12.5 Å². The second-order valence-corrected chi connectivity index (χ2v) is 6.76. The summed E-state index contributed by atoms with van der Waals surface area (Å²) in [5, 5.41) is 3.27. The lowest BCUT2D eigenvalue weighted by Crippen LogP contribution is -2.40. The summed E-state index contributed by atoms with van der Waals surface area (Å²) in [6, 6.07) is 0. The Morgan fingerprint density at radius 2 is 2.08 bits per heavy atom. The number of hydrogen-bond donors (Lipinski definition) is 1. The van der Waals surface area contributed by atoms with Gasteiger partial charge in [-0.05, 0) is 45.1 Å². The number of nitrogens with one attached hydrogen (secondary N) is 1. The van der Waals surface area contributed by atoms with Crippen LogP contribution in [0.5, 0.6) is 0 Å². The number of allylic oxidation sites excluding steroid dienone is 1. The lowest BCUT2D eigenvalue weighted by Gasteiger charge is -2.22. The van der Waals surface area contributed by atoms with E-state index in [0.29, 0.717) is 19.6 Å². The lowest BCUT2D eigenvalue weighted by atomic mass is 10.1. The van der Waals surface area contributed by atoms with Crippen LogP contribution in [0.3, 0.4) is 0 Å². The van der Waals surface area contributed by atoms with E-state index in [-0.39, 0.29) is 29.9 Å². The van der Waals surface area contributed by atoms with Crippen LogP contribution in [0.25, 0.3) is 0 Å². The summed E-state index contributed by atoms with van der Waals surface area (Å²) in [5.74, 6) is 1.05. The maximum Gasteiger partial charge on any atom is 0.401 e. The van der Waals surface area contributed by atoms with Gasteiger partial charge in [0.2, 0.25) is 0 Å². The molecule has 1 atom stereocenters. The molecule has 0 bridgehead atoms. The highest BCUT2D eigenvalue weighted by atomic mass is 127. The first-order chi connectivity index (χ1) is 11.9. The highest BCUT2D eigenvalue weighted by Crippen LogP contribution is 2.22. The Labute approximate surface area is 173 Å². The van der Waals surface area contributed by atoms with E-state index in [9.17, 15) is 13.2 Å². The first kappa shape index (κ1) is 25.5. The van der Waals surface area contributed by atoms with Crippen LogP contribution in [0, 0.1) is 5.92 Å². The van der Waals surface area contributed by atoms with Gasteiger partial charge in [-0.15, -0.1) is 30.6 Å². The number of unbranched alkanes of at least 4 members (excludes halogenated alkanes) is 3. The third kappa shape index (κ3) is 11.3. The number of likely N-dealkylation sites (tertiary alicyclic amines) is 1. The fraction of sp³-hybridized carbons (Fsp3) is 0.833. The summed E-state index contributed by atoms with van der Waals surface area (Å²) in [6.07, 6.45) is 3.07. The van der Waals surface area contributed by atoms with Crippen LogP contribution in [-0.2, 0) is 0 Å². The van der Waals surface area contributed by atoms with Crippen LogP contribution in [0.2, 0.25) is 0 Å². The van der Waals surface area contributed by atoms with E-state index in [2.05, 4.69) is 21.8 Å². The SMILES string of the molecule is C=CCCCCCN(C)C(=NCC1CCN(CC(F)(F)F)C1)NCC.I. The van der Waals surface area contributed by atoms with Crippen LogP contribution in [0.15, 0.2) is 17.6 Å². The molecule has 0 aromatic carbocycles. The predicted molar refractivity (Wildman–Crippen MR) is 113 cm³/mol. The van der Waals surface area contributed by atoms with E-state index in [1.54, 1.807) is 0 Å². The molecule has 0 spiro atoms. The van der Waals surface area contributed by atoms with Crippen molar-refractivity contribution in [2.24, 2.45) is 10.9 Å². The Balaban J connectivity index is 0.00000625. The van der Waals surface area contributed by atoms with Gasteiger partial charge in [0.25, 0.3) is 0 Å². The Morgan fingerprint density at radius 3 is 2.69 bits per heavy atom. The topological polar surface area (TPSA) is 30.9 Å². The van der Waals surface area contributed by atoms with Gasteiger partial charge in [0.05, 0.1) is 6.54 Å². The fourth-order valence-corrected chi connectivity index (χ4v) is 3.06. The van der Waals surface area contributed by atoms with Crippen molar-refractivity contribution >= 4 is 29.9 Å². The number of nitrogens with zero attached hydrogens (tertiary/aromatic N) is 3. The number of alkyl halides is 3. The molecule has 0 aromatic heterocycles. The van der Waals surface area contributed by atoms with Crippen molar-refractivity contribution in [1.82, 2.24) is 15.1 Å². The first-order valence-electron chi connectivity index (χ1n) is 9.25. The number of rotatable bonds is 10. The van der Waals surface area contributed by atoms with E-state index in [4.69, 9.17) is 0 Å². The van der Waals surface area contributed by atoms with Gasteiger partial charge in [-0.25, -0.2) is 0 Å². The number of guanidine groups is 1. The van der Waals surface area contributed by atoms with Crippen LogP contribution in [-0.4, -0.2) is 68.3 Å². The number of aliphatic imine (C=N–C) groups is 1. The molecule has 1 aliphatic heterocycles. The van der Waals surface area contributed by atoms with Crippen LogP contribution >= 0.6 is 24.0 Å². The molecule has 4 nitrogen and oxygen atoms in total. The Kier molecular flexibility index (Phi) is 13.4. The molecule has 26 heavy (non-hydrogen) atoms. The molecule has 154 valence electrons. The maximum atomic E-state index is 12.5. The van der Waals surface area contributed by atoms with Crippen LogP contribution in [0.1, 0.15) is 39.0 Å². The van der Waals surface area contributed by atoms with Crippen molar-refractivity contribution in [2.75, 3.05) is 46.3 Å². The molecule has 0 aliphatic carbocycles. The fourth-order valence-electron chi connectivity index (χ4n) is 3.06. The van der Waals surface area contributed by atoms with Crippen molar-refractivity contribution in [3.05, 3.63) is 12.7 Å². The molecular formula is C18H34F3IN4. The largest absolute Gasteiger partial charge is 0.401 e. The molecule has 1 rings (SSSR count). The van der Waals surface area contributed by atoms with Gasteiger partial charge in [0, 0.05) is 33.2 Å². The second-order valence-electron chi connectivity index (χ2n) is 6.76. The zero-order valence-corrected chi connectivity index (χ0v) is 18.4. The zero-order valence-electron chi connectivity index (χ0n) is 16.0. The van der Waals surface area contributed by atoms with Gasteiger partial charge >= 0.3 is 6.18 Å². The van der Waals surface area contributed by atoms with E-state index in [1.807, 2.05) is 20.0 Å². The number of halogens is 4. The zero-order chi connectivity index (χ0) is 18.7. The highest BCUT2D eigenvalue weighted by Gasteiger charge is 2.34. The smallest absolute Gasteiger partial charge is 0.357 e. The van der Waals surface area contributed by atoms with Gasteiger partial charge in [-0.3, -0.25) is 9.89 Å². The standard InChI is InChI=1S/C18H33F3N4.HI/c1-4-6-7-8-9-11-24(3)17(22-5-2)23-13-16-10-12-25(14-16)15-18(19,20)21;/h4,16H,1,5-15H2,2-3H3,(H,22,23);1H. The average Bonchev–Trinajstić information content (AvgIpc) is 2.96. The normalized spacial score (nSPS) is 18.5. The van der Waals surface area contributed by atoms with E-state index < -0.39 is 12.7 Å². The summed E-state index contributed by atoms with van der Waals surface area (Å²) < 4.78 is 37.4. The summed E-state index contributed by atoms with van der Waals surface area (Å²) in [4.78, 5) is 8.24. The summed E-state index contributed by atoms with van der Waals surface area (Å²) >= 11 is 0. The summed E-state index contributed by atoms with van der Waals surface area (Å²) in [6.45, 7) is 8.22. The predicted octanol–water partition coefficient (Wildman–Crippen LogP) is 4.13. The van der Waals surface area contributed by atoms with Crippen LogP contribution < -0.4 is 5.32 Å². The molecule has 0 radical (unpaired) electrons. The average molecular weight is 490 g/mol. The minimum absolute atomic E-state index is 0. The van der Waals surface area contributed by atoms with E-state index in [0.717, 1.165) is 51.2 Å². The Bertz CT molecular complexity index is 416. The highest BCUT2D eigenvalue weighted by molar-refractivity contribution is 14.0. The van der Waals surface area contributed by atoms with Crippen molar-refractivity contribution in [3.63, 3.8) is 0 Å². The first-order valence-corrected chi connectivity index (χ1v) is 9.25. The maximum absolute atomic E-state index is 12.5. The van der Waals surface area contributed by atoms with Crippen LogP contribution in [0.4, 0.5) is 13.2 Å². The second kappa shape index (κ2) is 13.6. The minimum atomic E-state index is -4.11. The van der Waals surface area contributed by atoms with Gasteiger partial charge in [0.1, 0.15) is 0 Å². The van der Waals surface area contributed by atoms with E-state index in [1.165, 1.54) is 4.90 Å². The van der Waals surface area contributed by atoms with Crippen molar-refractivity contribution in [2.45, 2.75) is 45.2 Å². The molecule has 1 saturated heterocycles. The molecule has 0 saturated carbocycles. The van der Waals surface area contributed by atoms with Crippen molar-refractivity contribution < 1.29 is 13.2 Å². The minimum Gasteiger partial charge on any atom is -0.357 e. The molecular weight excluding hydrogens is 456 g/mol. The Hall–Kier alpha value is -0.510. The van der Waals surface area contributed by atoms with E-state index >= 15 is 0 Å². The Morgan fingerprint density at radius 1 is 1.35 bits per heavy atom. The molecule has 1 aliphatic rings. The van der Waals surface area contributed by atoms with Crippen molar-refractivity contribution in [3.8, 4) is 0 Å². The third-order valence-corrected chi connectivity index (χ3v) is 4.37. The summed E-state index contributed by atoms with van der Waals surface area (Å²) in [7, 11) is 2.01. The number of hydrogen-bond acceptors (Lipinski definition) is 2. The van der Waals surface area contributed by atoms with Gasteiger partial charge in [-0.2, -0.15) is 13.2 Å². The van der Waals surface area contributed by atoms with Gasteiger partial charge in [0.15, 0.2) is 5.96 Å². The molecule has 1 fully saturated rings. The molecule has 8 heteroatoms. The summed E-state index contributed by atoms with van der Waals surface area (Å²) in [5.41, 5.74) is 0. The molecule has 0 aromatic rings.